The fourth-order valence-electron chi connectivity index (χ4n) is 2.33. The summed E-state index contributed by atoms with van der Waals surface area (Å²) in [7, 11) is 0. The van der Waals surface area contributed by atoms with Crippen molar-refractivity contribution in [3.63, 3.8) is 0 Å². The SMILES string of the molecule is CCOC(=O)C#CC#Cc1ccc(-c2ccccc2C(=O)OC(C)(C)C)cc1. The van der Waals surface area contributed by atoms with E-state index in [2.05, 4.69) is 23.7 Å². The zero-order valence-corrected chi connectivity index (χ0v) is 16.5. The van der Waals surface area contributed by atoms with E-state index in [4.69, 9.17) is 9.47 Å². The van der Waals surface area contributed by atoms with Gasteiger partial charge < -0.3 is 9.47 Å². The van der Waals surface area contributed by atoms with Gasteiger partial charge in [-0.1, -0.05) is 36.3 Å². The number of hydrogen-bond donors (Lipinski definition) is 0. The van der Waals surface area contributed by atoms with Crippen molar-refractivity contribution in [2.45, 2.75) is 33.3 Å². The van der Waals surface area contributed by atoms with Gasteiger partial charge >= 0.3 is 11.9 Å². The maximum absolute atomic E-state index is 12.5. The number of esters is 2. The van der Waals surface area contributed by atoms with Crippen LogP contribution in [-0.2, 0) is 14.3 Å². The number of ether oxygens (including phenoxy) is 2. The molecule has 0 aliphatic heterocycles. The third-order valence-corrected chi connectivity index (χ3v) is 3.45. The quantitative estimate of drug-likeness (QED) is 0.458. The predicted molar refractivity (Wildman–Crippen MR) is 108 cm³/mol. The lowest BCUT2D eigenvalue weighted by Gasteiger charge is -2.20. The van der Waals surface area contributed by atoms with E-state index in [1.165, 1.54) is 0 Å². The number of carbonyl (C=O) groups is 2. The Balaban J connectivity index is 2.21. The van der Waals surface area contributed by atoms with Crippen molar-refractivity contribution in [3.8, 4) is 34.8 Å². The summed E-state index contributed by atoms with van der Waals surface area (Å²) in [5.41, 5.74) is 2.37. The van der Waals surface area contributed by atoms with Crippen LogP contribution in [0.5, 0.6) is 0 Å². The summed E-state index contributed by atoms with van der Waals surface area (Å²) in [5.74, 6) is 9.29. The van der Waals surface area contributed by atoms with Gasteiger partial charge in [-0.2, -0.15) is 0 Å². The van der Waals surface area contributed by atoms with Gasteiger partial charge in [0.25, 0.3) is 0 Å². The molecule has 0 heterocycles. The predicted octanol–water partition coefficient (Wildman–Crippen LogP) is 4.23. The van der Waals surface area contributed by atoms with Crippen LogP contribution in [0.2, 0.25) is 0 Å². The Hall–Kier alpha value is -3.50. The largest absolute Gasteiger partial charge is 0.456 e. The van der Waals surface area contributed by atoms with Crippen LogP contribution >= 0.6 is 0 Å². The van der Waals surface area contributed by atoms with Crippen molar-refractivity contribution in [1.29, 1.82) is 0 Å². The summed E-state index contributed by atoms with van der Waals surface area (Å²) in [6, 6.07) is 14.7. The highest BCUT2D eigenvalue weighted by Crippen LogP contribution is 2.26. The van der Waals surface area contributed by atoms with Crippen LogP contribution in [0.15, 0.2) is 48.5 Å². The molecule has 0 amide bonds. The van der Waals surface area contributed by atoms with Gasteiger partial charge in [-0.3, -0.25) is 0 Å². The molecule has 0 atom stereocenters. The summed E-state index contributed by atoms with van der Waals surface area (Å²) < 4.78 is 10.2. The molecule has 0 aliphatic carbocycles. The molecule has 0 saturated carbocycles. The van der Waals surface area contributed by atoms with E-state index in [1.54, 1.807) is 13.0 Å². The summed E-state index contributed by atoms with van der Waals surface area (Å²) >= 11 is 0. The molecule has 0 unspecified atom stereocenters. The Morgan fingerprint density at radius 3 is 2.29 bits per heavy atom. The molecule has 0 N–H and O–H groups in total. The summed E-state index contributed by atoms with van der Waals surface area (Å²) in [5, 5.41) is 0. The minimum atomic E-state index is -0.592. The minimum absolute atomic E-state index is 0.285. The molecule has 2 rings (SSSR count). The van der Waals surface area contributed by atoms with Crippen LogP contribution in [0.3, 0.4) is 0 Å². The van der Waals surface area contributed by atoms with Crippen molar-refractivity contribution in [3.05, 3.63) is 59.7 Å². The van der Waals surface area contributed by atoms with Gasteiger partial charge in [0.15, 0.2) is 0 Å². The smallest absolute Gasteiger partial charge is 0.385 e. The number of carbonyl (C=O) groups excluding carboxylic acids is 2. The van der Waals surface area contributed by atoms with Crippen molar-refractivity contribution in [1.82, 2.24) is 0 Å². The first kappa shape index (κ1) is 20.8. The third kappa shape index (κ3) is 6.34. The van der Waals surface area contributed by atoms with Gasteiger partial charge in [0.2, 0.25) is 0 Å². The van der Waals surface area contributed by atoms with Crippen LogP contribution in [-0.4, -0.2) is 24.1 Å². The molecule has 28 heavy (non-hydrogen) atoms. The van der Waals surface area contributed by atoms with Crippen molar-refractivity contribution in [2.24, 2.45) is 0 Å². The molecule has 4 heteroatoms. The zero-order valence-electron chi connectivity index (χ0n) is 16.5. The summed E-state index contributed by atoms with van der Waals surface area (Å²) in [6.07, 6.45) is 0. The first-order valence-electron chi connectivity index (χ1n) is 8.92. The molecule has 142 valence electrons. The number of hydrogen-bond acceptors (Lipinski definition) is 4. The first-order chi connectivity index (χ1) is 13.3. The van der Waals surface area contributed by atoms with Gasteiger partial charge in [-0.15, -0.1) is 0 Å². The van der Waals surface area contributed by atoms with E-state index in [0.717, 1.165) is 16.7 Å². The Morgan fingerprint density at radius 2 is 1.64 bits per heavy atom. The second-order valence-corrected chi connectivity index (χ2v) is 6.85. The van der Waals surface area contributed by atoms with Crippen LogP contribution in [0.4, 0.5) is 0 Å². The number of benzene rings is 2. The molecule has 0 aromatic heterocycles. The van der Waals surface area contributed by atoms with E-state index >= 15 is 0 Å². The Kier molecular flexibility index (Phi) is 7.02. The molecule has 2 aromatic carbocycles. The van der Waals surface area contributed by atoms with Crippen LogP contribution < -0.4 is 0 Å². The van der Waals surface area contributed by atoms with Gasteiger partial charge in [0, 0.05) is 11.5 Å². The molecule has 2 aromatic rings. The highest BCUT2D eigenvalue weighted by molar-refractivity contribution is 5.97. The Labute approximate surface area is 165 Å². The van der Waals surface area contributed by atoms with Crippen molar-refractivity contribution < 1.29 is 19.1 Å². The van der Waals surface area contributed by atoms with Crippen molar-refractivity contribution >= 4 is 11.9 Å². The maximum atomic E-state index is 12.5. The average molecular weight is 374 g/mol. The lowest BCUT2D eigenvalue weighted by Crippen LogP contribution is -2.24. The standard InChI is InChI=1S/C24H22O4/c1-5-27-22(25)13-9-6-10-18-14-16-19(17-15-18)20-11-7-8-12-21(20)23(26)28-24(2,3)4/h7-8,11-12,14-17H,5H2,1-4H3. The Morgan fingerprint density at radius 1 is 0.964 bits per heavy atom. The molecule has 4 nitrogen and oxygen atoms in total. The summed E-state index contributed by atoms with van der Waals surface area (Å²) in [6.45, 7) is 7.52. The lowest BCUT2D eigenvalue weighted by molar-refractivity contribution is -0.136. The topological polar surface area (TPSA) is 52.6 Å². The van der Waals surface area contributed by atoms with Crippen LogP contribution in [0, 0.1) is 23.7 Å². The molecule has 0 saturated heterocycles. The maximum Gasteiger partial charge on any atom is 0.385 e. The molecule has 0 fully saturated rings. The lowest BCUT2D eigenvalue weighted by atomic mass is 9.98. The van der Waals surface area contributed by atoms with Gasteiger partial charge in [-0.05, 0) is 68.9 Å². The molecule has 0 radical (unpaired) electrons. The van der Waals surface area contributed by atoms with E-state index in [1.807, 2.05) is 63.2 Å². The van der Waals surface area contributed by atoms with Crippen LogP contribution in [0.25, 0.3) is 11.1 Å². The van der Waals surface area contributed by atoms with Gasteiger partial charge in [0.05, 0.1) is 12.2 Å². The van der Waals surface area contributed by atoms with Crippen LogP contribution in [0.1, 0.15) is 43.6 Å². The summed E-state index contributed by atoms with van der Waals surface area (Å²) in [4.78, 5) is 23.6. The van der Waals surface area contributed by atoms with E-state index in [0.29, 0.717) is 5.56 Å². The molecular formula is C24H22O4. The highest BCUT2D eigenvalue weighted by atomic mass is 16.6. The first-order valence-corrected chi connectivity index (χ1v) is 8.92. The normalized spacial score (nSPS) is 10.0. The second-order valence-electron chi connectivity index (χ2n) is 6.85. The fraction of sp³-hybridized carbons (Fsp3) is 0.250. The third-order valence-electron chi connectivity index (χ3n) is 3.45. The molecule has 0 bridgehead atoms. The number of rotatable bonds is 3. The zero-order chi connectivity index (χ0) is 20.6. The van der Waals surface area contributed by atoms with E-state index in [-0.39, 0.29) is 12.6 Å². The second kappa shape index (κ2) is 9.44. The van der Waals surface area contributed by atoms with Crippen molar-refractivity contribution in [2.75, 3.05) is 6.61 Å². The van der Waals surface area contributed by atoms with E-state index < -0.39 is 11.6 Å². The van der Waals surface area contributed by atoms with Gasteiger partial charge in [-0.25, -0.2) is 9.59 Å². The minimum Gasteiger partial charge on any atom is -0.456 e. The monoisotopic (exact) mass is 374 g/mol. The van der Waals surface area contributed by atoms with E-state index in [9.17, 15) is 9.59 Å². The Bertz CT molecular complexity index is 971. The average Bonchev–Trinajstić information content (AvgIpc) is 2.65. The molecule has 0 spiro atoms. The molecule has 0 aliphatic rings. The molecular weight excluding hydrogens is 352 g/mol. The fourth-order valence-corrected chi connectivity index (χ4v) is 2.33. The van der Waals surface area contributed by atoms with Gasteiger partial charge in [0.1, 0.15) is 5.60 Å². The highest BCUT2D eigenvalue weighted by Gasteiger charge is 2.20.